The van der Waals surface area contributed by atoms with E-state index in [9.17, 15) is 4.79 Å². The van der Waals surface area contributed by atoms with Gasteiger partial charge >= 0.3 is 5.97 Å². The Labute approximate surface area is 117 Å². The summed E-state index contributed by atoms with van der Waals surface area (Å²) in [6.45, 7) is 3.74. The summed E-state index contributed by atoms with van der Waals surface area (Å²) in [6.07, 6.45) is 2.15. The molecule has 2 aromatic rings. The lowest BCUT2D eigenvalue weighted by Crippen LogP contribution is -1.92. The van der Waals surface area contributed by atoms with Crippen LogP contribution in [0.3, 0.4) is 0 Å². The normalized spacial score (nSPS) is 14.3. The summed E-state index contributed by atoms with van der Waals surface area (Å²) in [5, 5.41) is 2.26. The van der Waals surface area contributed by atoms with Gasteiger partial charge in [0.05, 0.1) is 7.11 Å². The highest BCUT2D eigenvalue weighted by molar-refractivity contribution is 5.88. The average Bonchev–Trinajstić information content (AvgIpc) is 2.76. The van der Waals surface area contributed by atoms with Gasteiger partial charge in [-0.2, -0.15) is 0 Å². The van der Waals surface area contributed by atoms with Crippen LogP contribution in [0.25, 0.3) is 10.8 Å². The molecule has 0 saturated heterocycles. The topological polar surface area (TPSA) is 35.5 Å². The van der Waals surface area contributed by atoms with Gasteiger partial charge in [-0.15, -0.1) is 0 Å². The number of fused-ring (bicyclic) bond motifs is 1. The summed E-state index contributed by atoms with van der Waals surface area (Å²) in [5.41, 5.74) is 1.95. The van der Waals surface area contributed by atoms with E-state index in [1.165, 1.54) is 6.08 Å². The first-order valence-corrected chi connectivity index (χ1v) is 6.34. The first-order valence-electron chi connectivity index (χ1n) is 6.34. The van der Waals surface area contributed by atoms with E-state index in [0.29, 0.717) is 12.2 Å². The maximum Gasteiger partial charge on any atom is 0.336 e. The minimum absolute atomic E-state index is 0.337. The van der Waals surface area contributed by atoms with Crippen LogP contribution in [0, 0.1) is 0 Å². The molecule has 0 aliphatic carbocycles. The van der Waals surface area contributed by atoms with Crippen molar-refractivity contribution in [3.63, 3.8) is 0 Å². The summed E-state index contributed by atoms with van der Waals surface area (Å²) in [4.78, 5) is 11.2. The van der Waals surface area contributed by atoms with Gasteiger partial charge in [0, 0.05) is 18.1 Å². The molecule has 100 valence electrons. The van der Waals surface area contributed by atoms with Gasteiger partial charge in [-0.1, -0.05) is 30.8 Å². The lowest BCUT2D eigenvalue weighted by molar-refractivity contribution is -0.132. The monoisotopic (exact) mass is 266 g/mol. The number of ether oxygens (including phenoxy) is 2. The maximum atomic E-state index is 11.2. The van der Waals surface area contributed by atoms with E-state index in [4.69, 9.17) is 9.47 Å². The minimum atomic E-state index is -0.337. The zero-order chi connectivity index (χ0) is 14.1. The van der Waals surface area contributed by atoms with Gasteiger partial charge in [0.1, 0.15) is 11.5 Å². The highest BCUT2D eigenvalue weighted by atomic mass is 16.5. The van der Waals surface area contributed by atoms with Crippen LogP contribution >= 0.6 is 0 Å². The van der Waals surface area contributed by atoms with E-state index in [0.717, 1.165) is 27.7 Å². The smallest absolute Gasteiger partial charge is 0.336 e. The van der Waals surface area contributed by atoms with Gasteiger partial charge in [-0.25, -0.2) is 4.79 Å². The van der Waals surface area contributed by atoms with Crippen LogP contribution in [0.4, 0.5) is 0 Å². The number of hydrogen-bond donors (Lipinski definition) is 0. The van der Waals surface area contributed by atoms with E-state index in [-0.39, 0.29) is 5.97 Å². The molecule has 0 atom stereocenters. The molecule has 0 unspecified atom stereocenters. The zero-order valence-corrected chi connectivity index (χ0v) is 11.2. The predicted octanol–water partition coefficient (Wildman–Crippen LogP) is 3.39. The van der Waals surface area contributed by atoms with Crippen molar-refractivity contribution in [3.05, 3.63) is 65.9 Å². The second-order valence-corrected chi connectivity index (χ2v) is 4.74. The van der Waals surface area contributed by atoms with Crippen molar-refractivity contribution in [2.45, 2.75) is 6.42 Å². The van der Waals surface area contributed by atoms with Crippen molar-refractivity contribution in [2.75, 3.05) is 7.11 Å². The van der Waals surface area contributed by atoms with Gasteiger partial charge < -0.3 is 9.47 Å². The number of benzene rings is 2. The van der Waals surface area contributed by atoms with Crippen LogP contribution in [0.15, 0.2) is 60.4 Å². The van der Waals surface area contributed by atoms with Gasteiger partial charge in [0.15, 0.2) is 0 Å². The zero-order valence-electron chi connectivity index (χ0n) is 11.2. The largest absolute Gasteiger partial charge is 0.497 e. The average molecular weight is 266 g/mol. The van der Waals surface area contributed by atoms with Gasteiger partial charge in [-0.3, -0.25) is 0 Å². The van der Waals surface area contributed by atoms with E-state index >= 15 is 0 Å². The summed E-state index contributed by atoms with van der Waals surface area (Å²) in [6, 6.07) is 12.2. The Balaban J connectivity index is 1.92. The Hall–Kier alpha value is -2.55. The third kappa shape index (κ3) is 2.30. The van der Waals surface area contributed by atoms with Crippen LogP contribution in [0.5, 0.6) is 5.75 Å². The molecule has 3 heteroatoms. The Morgan fingerprint density at radius 2 is 1.90 bits per heavy atom. The molecule has 3 nitrogen and oxygen atoms in total. The number of cyclic esters (lactones) is 1. The Morgan fingerprint density at radius 3 is 2.60 bits per heavy atom. The highest BCUT2D eigenvalue weighted by Gasteiger charge is 2.18. The van der Waals surface area contributed by atoms with E-state index in [1.54, 1.807) is 7.11 Å². The molecule has 20 heavy (non-hydrogen) atoms. The SMILES string of the molecule is C=C1OC(=O)C=C1Cc1ccc2cc(OC)ccc2c1. The standard InChI is InChI=1S/C17H14O3/c1-11-15(10-17(18)20-11)8-12-3-4-14-9-16(19-2)6-5-13(14)7-12/h3-7,9-10H,1,8H2,2H3. The van der Waals surface area contributed by atoms with Crippen LogP contribution in [-0.2, 0) is 16.0 Å². The third-order valence-electron chi connectivity index (χ3n) is 3.38. The Morgan fingerprint density at radius 1 is 1.15 bits per heavy atom. The number of carbonyl (C=O) groups excluding carboxylic acids is 1. The molecule has 1 aliphatic rings. The second-order valence-electron chi connectivity index (χ2n) is 4.74. The first kappa shape index (κ1) is 12.5. The molecule has 0 fully saturated rings. The Kier molecular flexibility index (Phi) is 3.03. The maximum absolute atomic E-state index is 11.2. The summed E-state index contributed by atoms with van der Waals surface area (Å²) in [7, 11) is 1.66. The van der Waals surface area contributed by atoms with Crippen molar-refractivity contribution in [2.24, 2.45) is 0 Å². The molecule has 1 heterocycles. The Bertz CT molecular complexity index is 741. The molecule has 0 radical (unpaired) electrons. The molecule has 1 aliphatic heterocycles. The van der Waals surface area contributed by atoms with Crippen LogP contribution in [-0.4, -0.2) is 13.1 Å². The van der Waals surface area contributed by atoms with E-state index in [2.05, 4.69) is 12.6 Å². The fourth-order valence-corrected chi connectivity index (χ4v) is 2.32. The third-order valence-corrected chi connectivity index (χ3v) is 3.38. The van der Waals surface area contributed by atoms with Crippen molar-refractivity contribution >= 4 is 16.7 Å². The quantitative estimate of drug-likeness (QED) is 0.799. The van der Waals surface area contributed by atoms with Crippen molar-refractivity contribution in [3.8, 4) is 5.75 Å². The minimum Gasteiger partial charge on any atom is -0.497 e. The van der Waals surface area contributed by atoms with Crippen molar-refractivity contribution < 1.29 is 14.3 Å². The highest BCUT2D eigenvalue weighted by Crippen LogP contribution is 2.26. The number of esters is 1. The predicted molar refractivity (Wildman–Crippen MR) is 77.5 cm³/mol. The number of allylic oxidation sites excluding steroid dienone is 1. The molecule has 2 aromatic carbocycles. The van der Waals surface area contributed by atoms with Gasteiger partial charge in [0.2, 0.25) is 0 Å². The lowest BCUT2D eigenvalue weighted by Gasteiger charge is -2.06. The van der Waals surface area contributed by atoms with Gasteiger partial charge in [0.25, 0.3) is 0 Å². The summed E-state index contributed by atoms with van der Waals surface area (Å²) >= 11 is 0. The summed E-state index contributed by atoms with van der Waals surface area (Å²) < 4.78 is 10.1. The first-order chi connectivity index (χ1) is 9.65. The van der Waals surface area contributed by atoms with Crippen molar-refractivity contribution in [1.29, 1.82) is 0 Å². The van der Waals surface area contributed by atoms with Crippen LogP contribution in [0.1, 0.15) is 5.56 Å². The fourth-order valence-electron chi connectivity index (χ4n) is 2.32. The number of methoxy groups -OCH3 is 1. The number of carbonyl (C=O) groups is 1. The molecule has 3 rings (SSSR count). The van der Waals surface area contributed by atoms with E-state index in [1.807, 2.05) is 30.3 Å². The fraction of sp³-hybridized carbons (Fsp3) is 0.118. The molecule has 0 amide bonds. The molecule has 0 N–H and O–H groups in total. The van der Waals surface area contributed by atoms with Crippen LogP contribution < -0.4 is 4.74 Å². The molecule has 0 bridgehead atoms. The van der Waals surface area contributed by atoms with Crippen molar-refractivity contribution in [1.82, 2.24) is 0 Å². The van der Waals surface area contributed by atoms with E-state index < -0.39 is 0 Å². The molecule has 0 spiro atoms. The molecule has 0 saturated carbocycles. The molecule has 0 aromatic heterocycles. The second kappa shape index (κ2) is 4.85. The van der Waals surface area contributed by atoms with Crippen LogP contribution in [0.2, 0.25) is 0 Å². The molecular formula is C17H14O3. The lowest BCUT2D eigenvalue weighted by atomic mass is 10.0. The number of hydrogen-bond acceptors (Lipinski definition) is 3. The van der Waals surface area contributed by atoms with Gasteiger partial charge in [-0.05, 0) is 28.5 Å². The number of rotatable bonds is 3. The molecular weight excluding hydrogens is 252 g/mol. The summed E-state index contributed by atoms with van der Waals surface area (Å²) in [5.74, 6) is 0.955.